The maximum Gasteiger partial charge on any atom is 0.332 e. The van der Waals surface area contributed by atoms with Crippen molar-refractivity contribution >= 4 is 28.7 Å². The first-order chi connectivity index (χ1) is 12.8. The highest BCUT2D eigenvalue weighted by molar-refractivity contribution is 8.00. The lowest BCUT2D eigenvalue weighted by atomic mass is 10.1. The van der Waals surface area contributed by atoms with Gasteiger partial charge in [0.25, 0.3) is 5.56 Å². The molecule has 0 spiro atoms. The fraction of sp³-hybridized carbons (Fsp3) is 0.611. The summed E-state index contributed by atoms with van der Waals surface area (Å²) in [5.41, 5.74) is -0.549. The van der Waals surface area contributed by atoms with E-state index in [1.54, 1.807) is 7.05 Å². The monoisotopic (exact) mass is 391 g/mol. The average Bonchev–Trinajstić information content (AvgIpc) is 2.68. The molecule has 3 rings (SSSR count). The Hall–Kier alpha value is -2.16. The maximum absolute atomic E-state index is 12.7. The summed E-state index contributed by atoms with van der Waals surface area (Å²) in [7, 11) is 3.03. The molecule has 0 saturated carbocycles. The lowest BCUT2D eigenvalue weighted by molar-refractivity contribution is -0.129. The van der Waals surface area contributed by atoms with Crippen LogP contribution in [0.25, 0.3) is 11.0 Å². The molecule has 0 atom stereocenters. The first-order valence-electron chi connectivity index (χ1n) is 9.19. The zero-order valence-corrected chi connectivity index (χ0v) is 17.0. The molecule has 0 aromatic carbocycles. The molecule has 2 aromatic heterocycles. The van der Waals surface area contributed by atoms with Crippen LogP contribution in [0.2, 0.25) is 0 Å². The second kappa shape index (κ2) is 7.84. The van der Waals surface area contributed by atoms with Crippen LogP contribution >= 0.6 is 11.8 Å². The van der Waals surface area contributed by atoms with E-state index in [0.717, 1.165) is 36.9 Å². The van der Waals surface area contributed by atoms with Gasteiger partial charge in [0.1, 0.15) is 16.2 Å². The predicted octanol–water partition coefficient (Wildman–Crippen LogP) is 1.26. The van der Waals surface area contributed by atoms with Crippen molar-refractivity contribution in [1.82, 2.24) is 24.0 Å². The third kappa shape index (κ3) is 3.78. The van der Waals surface area contributed by atoms with Gasteiger partial charge in [-0.05, 0) is 19.3 Å². The Labute approximate surface area is 161 Å². The highest BCUT2D eigenvalue weighted by atomic mass is 32.2. The summed E-state index contributed by atoms with van der Waals surface area (Å²) in [4.78, 5) is 48.4. The van der Waals surface area contributed by atoms with Crippen molar-refractivity contribution in [3.63, 3.8) is 0 Å². The minimum absolute atomic E-state index is 0.0331. The van der Waals surface area contributed by atoms with Crippen molar-refractivity contribution in [2.75, 3.05) is 18.8 Å². The zero-order chi connectivity index (χ0) is 19.7. The fourth-order valence-electron chi connectivity index (χ4n) is 3.17. The van der Waals surface area contributed by atoms with E-state index >= 15 is 0 Å². The molecule has 0 unspecified atom stereocenters. The summed E-state index contributed by atoms with van der Waals surface area (Å²) in [6, 6.07) is 0. The maximum atomic E-state index is 12.7. The van der Waals surface area contributed by atoms with E-state index < -0.39 is 11.2 Å². The van der Waals surface area contributed by atoms with E-state index in [2.05, 4.69) is 9.97 Å². The van der Waals surface area contributed by atoms with Crippen molar-refractivity contribution in [1.29, 1.82) is 0 Å². The number of nitrogens with zero attached hydrogens (tertiary/aromatic N) is 5. The standard InChI is InChI=1S/C18H25N5O3S/c1-11(2)14-19-15-13(17(25)22(4)18(26)21(15)3)16(20-14)27-10-12(24)23-8-6-5-7-9-23/h11H,5-10H2,1-4H3. The number of aromatic nitrogens is 4. The lowest BCUT2D eigenvalue weighted by Crippen LogP contribution is -2.38. The Morgan fingerprint density at radius 1 is 1.07 bits per heavy atom. The number of hydrogen-bond donors (Lipinski definition) is 0. The molecule has 3 heterocycles. The van der Waals surface area contributed by atoms with Gasteiger partial charge in [0.2, 0.25) is 5.91 Å². The molecule has 0 bridgehead atoms. The topological polar surface area (TPSA) is 90.1 Å². The number of fused-ring (bicyclic) bond motifs is 1. The van der Waals surface area contributed by atoms with Crippen LogP contribution in [0.1, 0.15) is 44.9 Å². The third-order valence-electron chi connectivity index (χ3n) is 4.84. The molecular formula is C18H25N5O3S. The van der Waals surface area contributed by atoms with Crippen LogP contribution in [0.4, 0.5) is 0 Å². The van der Waals surface area contributed by atoms with Crippen molar-refractivity contribution in [2.45, 2.75) is 44.1 Å². The van der Waals surface area contributed by atoms with Gasteiger partial charge in [0.05, 0.1) is 5.75 Å². The molecule has 9 heteroatoms. The van der Waals surface area contributed by atoms with Crippen molar-refractivity contribution in [3.8, 4) is 0 Å². The Kier molecular flexibility index (Phi) is 5.69. The number of thioether (sulfide) groups is 1. The summed E-state index contributed by atoms with van der Waals surface area (Å²) in [6.07, 6.45) is 3.23. The number of amides is 1. The smallest absolute Gasteiger partial charge is 0.332 e. The van der Waals surface area contributed by atoms with Crippen LogP contribution < -0.4 is 11.2 Å². The Morgan fingerprint density at radius 3 is 2.37 bits per heavy atom. The SMILES string of the molecule is CC(C)c1nc(SCC(=O)N2CCCCC2)c2c(=O)n(C)c(=O)n(C)c2n1. The highest BCUT2D eigenvalue weighted by Gasteiger charge is 2.21. The normalized spacial score (nSPS) is 14.9. The van der Waals surface area contributed by atoms with Crippen LogP contribution in [0, 0.1) is 0 Å². The minimum Gasteiger partial charge on any atom is -0.342 e. The number of carbonyl (C=O) groups excluding carboxylic acids is 1. The van der Waals surface area contributed by atoms with E-state index in [-0.39, 0.29) is 17.6 Å². The van der Waals surface area contributed by atoms with Crippen molar-refractivity contribution in [2.24, 2.45) is 14.1 Å². The summed E-state index contributed by atoms with van der Waals surface area (Å²) >= 11 is 1.25. The van der Waals surface area contributed by atoms with Gasteiger partial charge in [-0.3, -0.25) is 18.7 Å². The summed E-state index contributed by atoms with van der Waals surface area (Å²) in [5.74, 6) is 0.860. The summed E-state index contributed by atoms with van der Waals surface area (Å²) in [6.45, 7) is 5.48. The fourth-order valence-corrected chi connectivity index (χ4v) is 4.10. The van der Waals surface area contributed by atoms with Crippen LogP contribution in [0.5, 0.6) is 0 Å². The number of rotatable bonds is 4. The first-order valence-corrected chi connectivity index (χ1v) is 10.2. The van der Waals surface area contributed by atoms with Gasteiger partial charge >= 0.3 is 5.69 Å². The van der Waals surface area contributed by atoms with Gasteiger partial charge in [-0.15, -0.1) is 0 Å². The lowest BCUT2D eigenvalue weighted by Gasteiger charge is -2.26. The van der Waals surface area contributed by atoms with Gasteiger partial charge in [-0.1, -0.05) is 25.6 Å². The van der Waals surface area contributed by atoms with E-state index in [0.29, 0.717) is 21.9 Å². The van der Waals surface area contributed by atoms with E-state index in [1.165, 1.54) is 23.4 Å². The molecule has 27 heavy (non-hydrogen) atoms. The molecule has 0 radical (unpaired) electrons. The number of piperidine rings is 1. The zero-order valence-electron chi connectivity index (χ0n) is 16.2. The highest BCUT2D eigenvalue weighted by Crippen LogP contribution is 2.25. The molecule has 0 aliphatic carbocycles. The Bertz CT molecular complexity index is 989. The third-order valence-corrected chi connectivity index (χ3v) is 5.80. The molecule has 8 nitrogen and oxygen atoms in total. The van der Waals surface area contributed by atoms with Crippen molar-refractivity contribution in [3.05, 3.63) is 26.7 Å². The number of carbonyl (C=O) groups is 1. The molecule has 1 saturated heterocycles. The molecule has 1 amide bonds. The van der Waals surface area contributed by atoms with Gasteiger partial charge in [-0.25, -0.2) is 14.8 Å². The Balaban J connectivity index is 2.03. The van der Waals surface area contributed by atoms with Gasteiger partial charge in [0, 0.05) is 33.1 Å². The largest absolute Gasteiger partial charge is 0.342 e. The molecule has 146 valence electrons. The van der Waals surface area contributed by atoms with Crippen LogP contribution in [0.15, 0.2) is 14.6 Å². The number of hydrogen-bond acceptors (Lipinski definition) is 6. The predicted molar refractivity (Wildman–Crippen MR) is 105 cm³/mol. The minimum atomic E-state index is -0.434. The Morgan fingerprint density at radius 2 is 1.74 bits per heavy atom. The summed E-state index contributed by atoms with van der Waals surface area (Å²) < 4.78 is 2.41. The van der Waals surface area contributed by atoms with Gasteiger partial charge < -0.3 is 4.90 Å². The molecule has 0 N–H and O–H groups in total. The quantitative estimate of drug-likeness (QED) is 0.576. The van der Waals surface area contributed by atoms with Crippen LogP contribution in [-0.2, 0) is 18.9 Å². The number of likely N-dealkylation sites (tertiary alicyclic amines) is 1. The summed E-state index contributed by atoms with van der Waals surface area (Å²) in [5, 5.41) is 0.755. The molecule has 1 aliphatic rings. The van der Waals surface area contributed by atoms with E-state index in [1.807, 2.05) is 18.7 Å². The molecule has 2 aromatic rings. The van der Waals surface area contributed by atoms with Gasteiger partial charge in [0.15, 0.2) is 5.65 Å². The first kappa shape index (κ1) is 19.6. The van der Waals surface area contributed by atoms with Crippen molar-refractivity contribution < 1.29 is 4.79 Å². The second-order valence-corrected chi connectivity index (χ2v) is 8.14. The molecular weight excluding hydrogens is 366 g/mol. The number of aryl methyl sites for hydroxylation is 1. The molecule has 1 aliphatic heterocycles. The van der Waals surface area contributed by atoms with E-state index in [9.17, 15) is 14.4 Å². The van der Waals surface area contributed by atoms with Crippen LogP contribution in [-0.4, -0.2) is 48.8 Å². The average molecular weight is 391 g/mol. The van der Waals surface area contributed by atoms with Gasteiger partial charge in [-0.2, -0.15) is 0 Å². The van der Waals surface area contributed by atoms with E-state index in [4.69, 9.17) is 0 Å². The second-order valence-electron chi connectivity index (χ2n) is 7.18. The van der Waals surface area contributed by atoms with Crippen LogP contribution in [0.3, 0.4) is 0 Å². The molecule has 1 fully saturated rings.